The van der Waals surface area contributed by atoms with Crippen LogP contribution in [0.1, 0.15) is 12.8 Å². The summed E-state index contributed by atoms with van der Waals surface area (Å²) in [6.45, 7) is 0.531. The molecule has 68 valence electrons. The van der Waals surface area contributed by atoms with Crippen LogP contribution in [0, 0.1) is 11.8 Å². The fourth-order valence-corrected chi connectivity index (χ4v) is 2.43. The minimum Gasteiger partial charge on any atom is -0.480 e. The number of carbonyl (C=O) groups is 1. The van der Waals surface area contributed by atoms with E-state index in [9.17, 15) is 9.18 Å². The number of hydrogen-bond donors (Lipinski definition) is 2. The maximum absolute atomic E-state index is 13.1. The predicted molar refractivity (Wildman–Crippen MR) is 40.5 cm³/mol. The first-order valence-corrected chi connectivity index (χ1v) is 4.30. The van der Waals surface area contributed by atoms with Gasteiger partial charge in [0.15, 0.2) is 0 Å². The number of nitrogens with one attached hydrogen (secondary N) is 1. The van der Waals surface area contributed by atoms with E-state index in [4.69, 9.17) is 5.11 Å². The topological polar surface area (TPSA) is 49.3 Å². The molecule has 2 fully saturated rings. The third-order valence-corrected chi connectivity index (χ3v) is 3.06. The van der Waals surface area contributed by atoms with E-state index in [2.05, 4.69) is 5.32 Å². The van der Waals surface area contributed by atoms with E-state index in [1.807, 2.05) is 0 Å². The summed E-state index contributed by atoms with van der Waals surface area (Å²) in [6.07, 6.45) is 0.475. The fraction of sp³-hybridized carbons (Fsp3) is 0.875. The maximum atomic E-state index is 13.1. The molecule has 2 aliphatic rings. The van der Waals surface area contributed by atoms with E-state index < -0.39 is 18.2 Å². The number of fused-ring (bicyclic) bond motifs is 1. The Labute approximate surface area is 70.0 Å². The first-order valence-electron chi connectivity index (χ1n) is 4.30. The highest BCUT2D eigenvalue weighted by Crippen LogP contribution is 2.39. The first-order chi connectivity index (χ1) is 5.70. The molecule has 1 saturated heterocycles. The van der Waals surface area contributed by atoms with Gasteiger partial charge in [-0.3, -0.25) is 4.79 Å². The van der Waals surface area contributed by atoms with Gasteiger partial charge in [-0.1, -0.05) is 0 Å². The molecule has 1 aliphatic heterocycles. The third kappa shape index (κ3) is 1.02. The van der Waals surface area contributed by atoms with Crippen molar-refractivity contribution in [3.63, 3.8) is 0 Å². The monoisotopic (exact) mass is 173 g/mol. The lowest BCUT2D eigenvalue weighted by molar-refractivity contribution is -0.140. The van der Waals surface area contributed by atoms with Gasteiger partial charge >= 0.3 is 5.97 Å². The van der Waals surface area contributed by atoms with Crippen molar-refractivity contribution in [3.05, 3.63) is 0 Å². The zero-order valence-corrected chi connectivity index (χ0v) is 6.66. The second-order valence-corrected chi connectivity index (χ2v) is 3.65. The number of halogens is 1. The molecular weight excluding hydrogens is 161 g/mol. The largest absolute Gasteiger partial charge is 0.480 e. The highest BCUT2D eigenvalue weighted by atomic mass is 19.1. The molecule has 4 heteroatoms. The summed E-state index contributed by atoms with van der Waals surface area (Å²) in [5, 5.41) is 11.6. The third-order valence-electron chi connectivity index (χ3n) is 3.06. The molecule has 0 unspecified atom stereocenters. The van der Waals surface area contributed by atoms with Gasteiger partial charge in [0.25, 0.3) is 0 Å². The van der Waals surface area contributed by atoms with Crippen molar-refractivity contribution in [3.8, 4) is 0 Å². The molecule has 0 spiro atoms. The molecule has 0 aromatic carbocycles. The van der Waals surface area contributed by atoms with Crippen molar-refractivity contribution >= 4 is 5.97 Å². The van der Waals surface area contributed by atoms with E-state index >= 15 is 0 Å². The van der Waals surface area contributed by atoms with Gasteiger partial charge in [0.05, 0.1) is 0 Å². The lowest BCUT2D eigenvalue weighted by Crippen LogP contribution is -2.35. The van der Waals surface area contributed by atoms with Crippen LogP contribution in [-0.4, -0.2) is 29.8 Å². The van der Waals surface area contributed by atoms with Crippen LogP contribution >= 0.6 is 0 Å². The lowest BCUT2D eigenvalue weighted by Gasteiger charge is -2.12. The van der Waals surface area contributed by atoms with E-state index in [0.29, 0.717) is 13.0 Å². The molecule has 4 atom stereocenters. The van der Waals surface area contributed by atoms with Crippen LogP contribution in [-0.2, 0) is 4.79 Å². The molecule has 12 heavy (non-hydrogen) atoms. The van der Waals surface area contributed by atoms with E-state index in [1.165, 1.54) is 0 Å². The van der Waals surface area contributed by atoms with Gasteiger partial charge in [0, 0.05) is 12.5 Å². The van der Waals surface area contributed by atoms with Crippen LogP contribution in [0.25, 0.3) is 0 Å². The van der Waals surface area contributed by atoms with Crippen molar-refractivity contribution in [2.24, 2.45) is 11.8 Å². The summed E-state index contributed by atoms with van der Waals surface area (Å²) in [6, 6.07) is -0.504. The number of hydrogen-bond acceptors (Lipinski definition) is 2. The van der Waals surface area contributed by atoms with Crippen LogP contribution in [0.4, 0.5) is 4.39 Å². The Morgan fingerprint density at radius 2 is 2.17 bits per heavy atom. The molecular formula is C8H12FNO2. The number of rotatable bonds is 1. The zero-order valence-electron chi connectivity index (χ0n) is 6.66. The van der Waals surface area contributed by atoms with Gasteiger partial charge in [-0.05, 0) is 18.8 Å². The standard InChI is InChI=1S/C8H12FNO2/c9-6-2-1-4-5(6)3-10-7(4)8(11)12/h4-7,10H,1-3H2,(H,11,12)/t4-,5-,6-,7-/m1/s1. The second kappa shape index (κ2) is 2.69. The Balaban J connectivity index is 2.10. The normalized spacial score (nSPS) is 46.1. The van der Waals surface area contributed by atoms with Crippen molar-refractivity contribution < 1.29 is 14.3 Å². The quantitative estimate of drug-likeness (QED) is 0.603. The van der Waals surface area contributed by atoms with Crippen molar-refractivity contribution in [1.29, 1.82) is 0 Å². The molecule has 1 aliphatic carbocycles. The summed E-state index contributed by atoms with van der Waals surface area (Å²) in [7, 11) is 0. The summed E-state index contributed by atoms with van der Waals surface area (Å²) in [5.74, 6) is -0.861. The van der Waals surface area contributed by atoms with Gasteiger partial charge in [0.1, 0.15) is 12.2 Å². The minimum atomic E-state index is -0.836. The highest BCUT2D eigenvalue weighted by Gasteiger charge is 2.47. The molecule has 1 saturated carbocycles. The molecule has 3 nitrogen and oxygen atoms in total. The van der Waals surface area contributed by atoms with Crippen molar-refractivity contribution in [1.82, 2.24) is 5.32 Å². The molecule has 0 bridgehead atoms. The Kier molecular flexibility index (Phi) is 1.79. The lowest BCUT2D eigenvalue weighted by atomic mass is 9.94. The number of aliphatic carboxylic acids is 1. The molecule has 0 radical (unpaired) electrons. The highest BCUT2D eigenvalue weighted by molar-refractivity contribution is 5.74. The van der Waals surface area contributed by atoms with Gasteiger partial charge in [-0.15, -0.1) is 0 Å². The molecule has 0 amide bonds. The van der Waals surface area contributed by atoms with Gasteiger partial charge < -0.3 is 10.4 Å². The average molecular weight is 173 g/mol. The zero-order chi connectivity index (χ0) is 8.72. The van der Waals surface area contributed by atoms with Crippen LogP contribution in [0.3, 0.4) is 0 Å². The van der Waals surface area contributed by atoms with E-state index in [-0.39, 0.29) is 11.8 Å². The Hall–Kier alpha value is -0.640. The van der Waals surface area contributed by atoms with Crippen LogP contribution in [0.2, 0.25) is 0 Å². The molecule has 2 N–H and O–H groups in total. The molecule has 0 aromatic rings. The van der Waals surface area contributed by atoms with Crippen LogP contribution in [0.15, 0.2) is 0 Å². The Morgan fingerprint density at radius 1 is 1.42 bits per heavy atom. The van der Waals surface area contributed by atoms with E-state index in [1.54, 1.807) is 0 Å². The van der Waals surface area contributed by atoms with Gasteiger partial charge in [0.2, 0.25) is 0 Å². The first kappa shape index (κ1) is 7.98. The SMILES string of the molecule is O=C(O)[C@@H]1NC[C@@H]2[C@H]1CC[C@H]2F. The summed E-state index contributed by atoms with van der Waals surface area (Å²) >= 11 is 0. The predicted octanol–water partition coefficient (Wildman–Crippen LogP) is 0.407. The van der Waals surface area contributed by atoms with Crippen molar-refractivity contribution in [2.45, 2.75) is 25.1 Å². The summed E-state index contributed by atoms with van der Waals surface area (Å²) in [5.41, 5.74) is 0. The Morgan fingerprint density at radius 3 is 2.83 bits per heavy atom. The fourth-order valence-electron chi connectivity index (χ4n) is 2.43. The summed E-state index contributed by atoms with van der Waals surface area (Å²) in [4.78, 5) is 10.7. The number of alkyl halides is 1. The number of carboxylic acid groups (broad SMARTS) is 1. The van der Waals surface area contributed by atoms with E-state index in [0.717, 1.165) is 6.42 Å². The molecule has 1 heterocycles. The van der Waals surface area contributed by atoms with Crippen LogP contribution < -0.4 is 5.32 Å². The second-order valence-electron chi connectivity index (χ2n) is 3.65. The summed E-state index contributed by atoms with van der Waals surface area (Å²) < 4.78 is 13.1. The molecule has 2 rings (SSSR count). The minimum absolute atomic E-state index is 0.0255. The number of carboxylic acids is 1. The maximum Gasteiger partial charge on any atom is 0.320 e. The smallest absolute Gasteiger partial charge is 0.320 e. The van der Waals surface area contributed by atoms with Gasteiger partial charge in [-0.25, -0.2) is 4.39 Å². The van der Waals surface area contributed by atoms with Crippen LogP contribution in [0.5, 0.6) is 0 Å². The molecule has 0 aromatic heterocycles. The van der Waals surface area contributed by atoms with Gasteiger partial charge in [-0.2, -0.15) is 0 Å². The average Bonchev–Trinajstić information content (AvgIpc) is 2.53. The Bertz CT molecular complexity index is 209. The van der Waals surface area contributed by atoms with Crippen molar-refractivity contribution in [2.75, 3.05) is 6.54 Å².